The predicted molar refractivity (Wildman–Crippen MR) is 97.7 cm³/mol. The molecule has 5 nitrogen and oxygen atoms in total. The Bertz CT molecular complexity index is 979. The Morgan fingerprint density at radius 2 is 1.78 bits per heavy atom. The van der Waals surface area contributed by atoms with Crippen LogP contribution in [0.5, 0.6) is 0 Å². The maximum Gasteiger partial charge on any atom is 0.416 e. The van der Waals surface area contributed by atoms with E-state index >= 15 is 0 Å². The molecule has 1 aromatic heterocycles. The van der Waals surface area contributed by atoms with Crippen molar-refractivity contribution in [3.63, 3.8) is 0 Å². The molecule has 0 aliphatic carbocycles. The molecule has 9 heteroatoms. The van der Waals surface area contributed by atoms with Gasteiger partial charge >= 0.3 is 13.8 Å². The highest BCUT2D eigenvalue weighted by Gasteiger charge is 2.38. The molecule has 0 saturated heterocycles. The van der Waals surface area contributed by atoms with Crippen molar-refractivity contribution in [1.82, 2.24) is 4.98 Å². The summed E-state index contributed by atoms with van der Waals surface area (Å²) in [7, 11) is -1.25. The lowest BCUT2D eigenvalue weighted by atomic mass is 10.1. The third-order valence-corrected chi connectivity index (χ3v) is 6.29. The van der Waals surface area contributed by atoms with Crippen LogP contribution in [0.25, 0.3) is 10.9 Å². The fourth-order valence-corrected chi connectivity index (χ4v) is 4.31. The SMILES string of the molecule is COP(=O)(OC)[C@@H](Nc1cccc(C(F)(F)F)c1)c1c[nH]c2ccccc12. The third kappa shape index (κ3) is 3.88. The molecular formula is C18H18F3N2O3P. The van der Waals surface area contributed by atoms with E-state index in [1.165, 1.54) is 26.4 Å². The molecule has 144 valence electrons. The van der Waals surface area contributed by atoms with Gasteiger partial charge in [0, 0.05) is 42.6 Å². The first-order valence-electron chi connectivity index (χ1n) is 7.99. The van der Waals surface area contributed by atoms with Crippen LogP contribution < -0.4 is 5.32 Å². The number of aromatic amines is 1. The average Bonchev–Trinajstić information content (AvgIpc) is 3.09. The van der Waals surface area contributed by atoms with E-state index in [0.717, 1.165) is 23.0 Å². The zero-order valence-electron chi connectivity index (χ0n) is 14.6. The summed E-state index contributed by atoms with van der Waals surface area (Å²) in [4.78, 5) is 3.06. The molecule has 0 radical (unpaired) electrons. The smallest absolute Gasteiger partial charge is 0.368 e. The maximum absolute atomic E-state index is 13.1. The van der Waals surface area contributed by atoms with Gasteiger partial charge in [-0.25, -0.2) is 0 Å². The highest BCUT2D eigenvalue weighted by Crippen LogP contribution is 2.60. The molecule has 0 fully saturated rings. The number of para-hydroxylation sites is 1. The molecule has 1 atom stereocenters. The van der Waals surface area contributed by atoms with Gasteiger partial charge < -0.3 is 19.3 Å². The van der Waals surface area contributed by atoms with Crippen LogP contribution in [0.4, 0.5) is 18.9 Å². The standard InChI is InChI=1S/C18H18F3N2O3P/c1-25-27(24,26-2)17(15-11-22-16-9-4-3-8-14(15)16)23-13-7-5-6-12(10-13)18(19,20)21/h3-11,17,22-23H,1-2H3/t17-/m1/s1. The summed E-state index contributed by atoms with van der Waals surface area (Å²) in [5.41, 5.74) is 0.696. The molecule has 3 aromatic rings. The first kappa shape index (κ1) is 19.5. The van der Waals surface area contributed by atoms with Crippen LogP contribution in [0.15, 0.2) is 54.7 Å². The van der Waals surface area contributed by atoms with E-state index in [-0.39, 0.29) is 5.69 Å². The molecule has 0 saturated carbocycles. The van der Waals surface area contributed by atoms with E-state index in [2.05, 4.69) is 10.3 Å². The molecule has 0 amide bonds. The van der Waals surface area contributed by atoms with Crippen LogP contribution in [0.2, 0.25) is 0 Å². The molecular weight excluding hydrogens is 380 g/mol. The molecule has 0 unspecified atom stereocenters. The average molecular weight is 398 g/mol. The number of aromatic nitrogens is 1. The molecule has 27 heavy (non-hydrogen) atoms. The van der Waals surface area contributed by atoms with Gasteiger partial charge in [0.15, 0.2) is 5.78 Å². The monoisotopic (exact) mass is 398 g/mol. The summed E-state index contributed by atoms with van der Waals surface area (Å²) in [6, 6.07) is 12.0. The van der Waals surface area contributed by atoms with Gasteiger partial charge in [-0.15, -0.1) is 0 Å². The molecule has 2 N–H and O–H groups in total. The Morgan fingerprint density at radius 1 is 1.07 bits per heavy atom. The first-order chi connectivity index (χ1) is 12.8. The Morgan fingerprint density at radius 3 is 2.44 bits per heavy atom. The van der Waals surface area contributed by atoms with Crippen molar-refractivity contribution in [2.24, 2.45) is 0 Å². The van der Waals surface area contributed by atoms with Crippen molar-refractivity contribution < 1.29 is 26.8 Å². The summed E-state index contributed by atoms with van der Waals surface area (Å²) < 4.78 is 62.4. The zero-order chi connectivity index (χ0) is 19.7. The van der Waals surface area contributed by atoms with E-state index in [0.29, 0.717) is 5.56 Å². The van der Waals surface area contributed by atoms with Crippen molar-refractivity contribution in [3.05, 3.63) is 65.9 Å². The van der Waals surface area contributed by atoms with Gasteiger partial charge in [0.05, 0.1) is 5.56 Å². The number of hydrogen-bond acceptors (Lipinski definition) is 4. The topological polar surface area (TPSA) is 63.4 Å². The maximum atomic E-state index is 13.1. The second-order valence-electron chi connectivity index (χ2n) is 5.82. The second-order valence-corrected chi connectivity index (χ2v) is 8.15. The van der Waals surface area contributed by atoms with Crippen LogP contribution in [-0.4, -0.2) is 19.2 Å². The highest BCUT2D eigenvalue weighted by molar-refractivity contribution is 7.54. The van der Waals surface area contributed by atoms with Gasteiger partial charge in [-0.05, 0) is 24.3 Å². The summed E-state index contributed by atoms with van der Waals surface area (Å²) in [5.74, 6) is -1.01. The van der Waals surface area contributed by atoms with Crippen molar-refractivity contribution in [2.45, 2.75) is 12.0 Å². The van der Waals surface area contributed by atoms with Gasteiger partial charge in [0.2, 0.25) is 0 Å². The lowest BCUT2D eigenvalue weighted by Gasteiger charge is -2.26. The lowest BCUT2D eigenvalue weighted by molar-refractivity contribution is -0.137. The molecule has 0 aliphatic heterocycles. The summed E-state index contributed by atoms with van der Waals surface area (Å²) in [5, 5.41) is 3.66. The number of H-pyrrole nitrogens is 1. The van der Waals surface area contributed by atoms with E-state index in [4.69, 9.17) is 9.05 Å². The molecule has 1 heterocycles. The molecule has 0 spiro atoms. The van der Waals surface area contributed by atoms with E-state index in [9.17, 15) is 17.7 Å². The van der Waals surface area contributed by atoms with Crippen molar-refractivity contribution in [2.75, 3.05) is 19.5 Å². The van der Waals surface area contributed by atoms with Gasteiger partial charge in [-0.2, -0.15) is 13.2 Å². The highest BCUT2D eigenvalue weighted by atomic mass is 31.2. The minimum atomic E-state index is -4.49. The Labute approximate surface area is 154 Å². The largest absolute Gasteiger partial charge is 0.416 e. The normalized spacial score (nSPS) is 13.7. The van der Waals surface area contributed by atoms with Crippen LogP contribution in [0, 0.1) is 0 Å². The number of rotatable bonds is 6. The molecule has 3 rings (SSSR count). The second kappa shape index (κ2) is 7.38. The van der Waals surface area contributed by atoms with E-state index in [1.54, 1.807) is 6.20 Å². The number of fused-ring (bicyclic) bond motifs is 1. The Kier molecular flexibility index (Phi) is 5.33. The van der Waals surface area contributed by atoms with Gasteiger partial charge in [0.25, 0.3) is 0 Å². The van der Waals surface area contributed by atoms with Crippen LogP contribution in [0.3, 0.4) is 0 Å². The minimum Gasteiger partial charge on any atom is -0.368 e. The first-order valence-corrected chi connectivity index (χ1v) is 9.60. The van der Waals surface area contributed by atoms with Gasteiger partial charge in [-0.1, -0.05) is 24.3 Å². The number of hydrogen-bond donors (Lipinski definition) is 2. The number of anilines is 1. The lowest BCUT2D eigenvalue weighted by Crippen LogP contribution is -2.14. The van der Waals surface area contributed by atoms with Crippen molar-refractivity contribution >= 4 is 24.2 Å². The molecule has 2 aromatic carbocycles. The summed E-state index contributed by atoms with van der Waals surface area (Å²) in [6.07, 6.45) is -2.85. The molecule has 0 aliphatic rings. The number of alkyl halides is 3. The Balaban J connectivity index is 2.08. The van der Waals surface area contributed by atoms with Gasteiger partial charge in [-0.3, -0.25) is 4.57 Å². The van der Waals surface area contributed by atoms with Crippen LogP contribution in [0.1, 0.15) is 16.9 Å². The van der Waals surface area contributed by atoms with Gasteiger partial charge in [0.1, 0.15) is 0 Å². The van der Waals surface area contributed by atoms with Crippen molar-refractivity contribution in [1.29, 1.82) is 0 Å². The fraction of sp³-hybridized carbons (Fsp3) is 0.222. The minimum absolute atomic E-state index is 0.148. The summed E-state index contributed by atoms with van der Waals surface area (Å²) in [6.45, 7) is 0. The Hall–Kier alpha value is -2.28. The van der Waals surface area contributed by atoms with Crippen LogP contribution >= 0.6 is 7.60 Å². The van der Waals surface area contributed by atoms with Crippen molar-refractivity contribution in [3.8, 4) is 0 Å². The number of halogens is 3. The van der Waals surface area contributed by atoms with E-state index < -0.39 is 25.1 Å². The fourth-order valence-electron chi connectivity index (χ4n) is 2.88. The predicted octanol–water partition coefficient (Wildman–Crippen LogP) is 5.78. The molecule has 0 bridgehead atoms. The zero-order valence-corrected chi connectivity index (χ0v) is 15.5. The van der Waals surface area contributed by atoms with E-state index in [1.807, 2.05) is 24.3 Å². The number of nitrogens with one attached hydrogen (secondary N) is 2. The number of benzene rings is 2. The summed E-state index contributed by atoms with van der Waals surface area (Å²) >= 11 is 0. The van der Waals surface area contributed by atoms with Crippen LogP contribution in [-0.2, 0) is 19.8 Å². The third-order valence-electron chi connectivity index (χ3n) is 4.23. The quantitative estimate of drug-likeness (QED) is 0.517.